The second kappa shape index (κ2) is 6.69. The summed E-state index contributed by atoms with van der Waals surface area (Å²) in [5.74, 6) is -0.921. The molecule has 2 heterocycles. The number of carbonyl (C=O) groups is 1. The van der Waals surface area contributed by atoms with Crippen LogP contribution in [0.2, 0.25) is 0 Å². The molecule has 0 aliphatic heterocycles. The topological polar surface area (TPSA) is 64.3 Å². The number of carboxylic acids is 1. The fraction of sp³-hybridized carbons (Fsp3) is 0.300. The third kappa shape index (κ3) is 3.28. The number of ether oxygens (including phenoxy) is 1. The maximum Gasteiger partial charge on any atom is 0.335 e. The molecule has 5 heteroatoms. The van der Waals surface area contributed by atoms with Crippen LogP contribution in [-0.2, 0) is 11.2 Å². The van der Waals surface area contributed by atoms with Crippen molar-refractivity contribution in [2.24, 2.45) is 0 Å². The van der Waals surface area contributed by atoms with E-state index in [0.29, 0.717) is 6.10 Å². The molecule has 2 aromatic heterocycles. The van der Waals surface area contributed by atoms with Gasteiger partial charge in [0.1, 0.15) is 5.65 Å². The van der Waals surface area contributed by atoms with Gasteiger partial charge < -0.3 is 14.4 Å². The lowest BCUT2D eigenvalue weighted by Crippen LogP contribution is -2.22. The van der Waals surface area contributed by atoms with Crippen LogP contribution in [-0.4, -0.2) is 33.3 Å². The van der Waals surface area contributed by atoms with Crippen molar-refractivity contribution in [2.45, 2.75) is 31.8 Å². The second-order valence-electron chi connectivity index (χ2n) is 6.47. The summed E-state index contributed by atoms with van der Waals surface area (Å²) in [7, 11) is 0. The molecular weight excluding hydrogens is 316 g/mol. The molecule has 0 saturated heterocycles. The number of hydrogen-bond donors (Lipinski definition) is 1. The van der Waals surface area contributed by atoms with Crippen molar-refractivity contribution < 1.29 is 14.6 Å². The largest absolute Gasteiger partial charge is 0.478 e. The highest BCUT2D eigenvalue weighted by Crippen LogP contribution is 2.23. The monoisotopic (exact) mass is 336 g/mol. The van der Waals surface area contributed by atoms with Gasteiger partial charge in [-0.25, -0.2) is 9.78 Å². The number of benzene rings is 1. The normalized spacial score (nSPS) is 14.6. The van der Waals surface area contributed by atoms with Gasteiger partial charge in [0.15, 0.2) is 0 Å². The highest BCUT2D eigenvalue weighted by molar-refractivity contribution is 5.88. The standard InChI is InChI=1S/C20H20N2O3/c23-20(24)15-4-6-17(7-5-15)22-10-8-16-12-14(13-21-19(16)22)9-11-25-18-2-1-3-18/h4-8,10,12-13,18H,1-3,9,11H2,(H,23,24). The van der Waals surface area contributed by atoms with Gasteiger partial charge in [-0.3, -0.25) is 0 Å². The first-order valence-electron chi connectivity index (χ1n) is 8.62. The van der Waals surface area contributed by atoms with E-state index >= 15 is 0 Å². The van der Waals surface area contributed by atoms with Gasteiger partial charge in [-0.1, -0.05) is 0 Å². The zero-order valence-electron chi connectivity index (χ0n) is 13.9. The predicted molar refractivity (Wildman–Crippen MR) is 95.3 cm³/mol. The summed E-state index contributed by atoms with van der Waals surface area (Å²) in [5.41, 5.74) is 3.22. The first-order chi connectivity index (χ1) is 12.2. The molecule has 1 saturated carbocycles. The lowest BCUT2D eigenvalue weighted by atomic mass is 9.96. The number of aromatic nitrogens is 2. The van der Waals surface area contributed by atoms with Crippen LogP contribution in [0.1, 0.15) is 35.2 Å². The van der Waals surface area contributed by atoms with Crippen molar-refractivity contribution in [1.82, 2.24) is 9.55 Å². The quantitative estimate of drug-likeness (QED) is 0.743. The van der Waals surface area contributed by atoms with Crippen LogP contribution in [0.4, 0.5) is 0 Å². The molecule has 0 atom stereocenters. The van der Waals surface area contributed by atoms with Gasteiger partial charge >= 0.3 is 5.97 Å². The number of fused-ring (bicyclic) bond motifs is 1. The molecule has 1 aromatic carbocycles. The van der Waals surface area contributed by atoms with Gasteiger partial charge in [-0.15, -0.1) is 0 Å². The van der Waals surface area contributed by atoms with Crippen LogP contribution in [0.3, 0.4) is 0 Å². The van der Waals surface area contributed by atoms with Crippen LogP contribution in [0.25, 0.3) is 16.7 Å². The molecule has 25 heavy (non-hydrogen) atoms. The van der Waals surface area contributed by atoms with Crippen LogP contribution in [0.5, 0.6) is 0 Å². The Bertz CT molecular complexity index is 895. The molecule has 1 fully saturated rings. The summed E-state index contributed by atoms with van der Waals surface area (Å²) >= 11 is 0. The summed E-state index contributed by atoms with van der Waals surface area (Å²) in [5, 5.41) is 10.1. The predicted octanol–water partition coefficient (Wildman–Crippen LogP) is 3.84. The molecule has 0 bridgehead atoms. The fourth-order valence-electron chi connectivity index (χ4n) is 3.06. The Balaban J connectivity index is 1.51. The van der Waals surface area contributed by atoms with Crippen LogP contribution in [0, 0.1) is 0 Å². The minimum absolute atomic E-state index is 0.280. The molecule has 1 N–H and O–H groups in total. The molecule has 4 rings (SSSR count). The Morgan fingerprint density at radius 2 is 2.04 bits per heavy atom. The summed E-state index contributed by atoms with van der Waals surface area (Å²) in [6.45, 7) is 0.745. The summed E-state index contributed by atoms with van der Waals surface area (Å²) in [6, 6.07) is 11.0. The van der Waals surface area contributed by atoms with Gasteiger partial charge in [0.2, 0.25) is 0 Å². The Hall–Kier alpha value is -2.66. The molecule has 1 aliphatic rings. The summed E-state index contributed by atoms with van der Waals surface area (Å²) in [4.78, 5) is 15.6. The van der Waals surface area contributed by atoms with E-state index in [4.69, 9.17) is 9.84 Å². The lowest BCUT2D eigenvalue weighted by molar-refractivity contribution is 0.00412. The first-order valence-corrected chi connectivity index (χ1v) is 8.62. The van der Waals surface area contributed by atoms with Crippen molar-refractivity contribution in [1.29, 1.82) is 0 Å². The molecule has 0 unspecified atom stereocenters. The zero-order chi connectivity index (χ0) is 17.2. The minimum Gasteiger partial charge on any atom is -0.478 e. The third-order valence-corrected chi connectivity index (χ3v) is 4.77. The van der Waals surface area contributed by atoms with Crippen LogP contribution in [0.15, 0.2) is 48.8 Å². The average Bonchev–Trinajstić information content (AvgIpc) is 3.00. The summed E-state index contributed by atoms with van der Waals surface area (Å²) < 4.78 is 7.79. The van der Waals surface area contributed by atoms with Crippen molar-refractivity contribution in [3.63, 3.8) is 0 Å². The van der Waals surface area contributed by atoms with Gasteiger partial charge in [0.25, 0.3) is 0 Å². The Morgan fingerprint density at radius 3 is 2.72 bits per heavy atom. The molecule has 0 radical (unpaired) electrons. The highest BCUT2D eigenvalue weighted by Gasteiger charge is 2.17. The number of nitrogens with zero attached hydrogens (tertiary/aromatic N) is 2. The van der Waals surface area contributed by atoms with E-state index in [1.165, 1.54) is 24.8 Å². The zero-order valence-corrected chi connectivity index (χ0v) is 13.9. The van der Waals surface area contributed by atoms with Gasteiger partial charge in [0, 0.05) is 23.5 Å². The first kappa shape index (κ1) is 15.8. The van der Waals surface area contributed by atoms with Crippen molar-refractivity contribution in [2.75, 3.05) is 6.61 Å². The molecular formula is C20H20N2O3. The van der Waals surface area contributed by atoms with E-state index in [-0.39, 0.29) is 5.56 Å². The Labute approximate surface area is 145 Å². The van der Waals surface area contributed by atoms with Gasteiger partial charge in [-0.05, 0) is 67.6 Å². The van der Waals surface area contributed by atoms with E-state index < -0.39 is 5.97 Å². The molecule has 128 valence electrons. The van der Waals surface area contributed by atoms with Gasteiger partial charge in [-0.2, -0.15) is 0 Å². The lowest BCUT2D eigenvalue weighted by Gasteiger charge is -2.25. The van der Waals surface area contributed by atoms with Crippen molar-refractivity contribution >= 4 is 17.0 Å². The van der Waals surface area contributed by atoms with Crippen LogP contribution < -0.4 is 0 Å². The maximum atomic E-state index is 11.0. The van der Waals surface area contributed by atoms with Crippen molar-refractivity contribution in [3.05, 3.63) is 59.9 Å². The van der Waals surface area contributed by atoms with E-state index in [0.717, 1.165) is 29.7 Å². The average molecular weight is 336 g/mol. The van der Waals surface area contributed by atoms with Crippen molar-refractivity contribution in [3.8, 4) is 5.69 Å². The smallest absolute Gasteiger partial charge is 0.335 e. The third-order valence-electron chi connectivity index (χ3n) is 4.77. The summed E-state index contributed by atoms with van der Waals surface area (Å²) in [6.07, 6.45) is 8.88. The fourth-order valence-corrected chi connectivity index (χ4v) is 3.06. The number of carboxylic acid groups (broad SMARTS) is 1. The molecule has 0 spiro atoms. The van der Waals surface area contributed by atoms with E-state index in [1.807, 2.05) is 23.0 Å². The number of aromatic carboxylic acids is 1. The maximum absolute atomic E-state index is 11.0. The number of rotatable bonds is 6. The van der Waals surface area contributed by atoms with E-state index in [9.17, 15) is 4.79 Å². The molecule has 3 aromatic rings. The Morgan fingerprint density at radius 1 is 1.24 bits per heavy atom. The SMILES string of the molecule is O=C(O)c1ccc(-n2ccc3cc(CCOC4CCC4)cnc32)cc1. The minimum atomic E-state index is -0.921. The Kier molecular flexibility index (Phi) is 4.24. The molecule has 0 amide bonds. The second-order valence-corrected chi connectivity index (χ2v) is 6.47. The van der Waals surface area contributed by atoms with E-state index in [1.54, 1.807) is 24.3 Å². The number of pyridine rings is 1. The molecule has 5 nitrogen and oxygen atoms in total. The van der Waals surface area contributed by atoms with Crippen LogP contribution >= 0.6 is 0 Å². The highest BCUT2D eigenvalue weighted by atomic mass is 16.5. The van der Waals surface area contributed by atoms with E-state index in [2.05, 4.69) is 11.1 Å². The molecule has 1 aliphatic carbocycles. The van der Waals surface area contributed by atoms with Gasteiger partial charge in [0.05, 0.1) is 18.3 Å². The number of hydrogen-bond acceptors (Lipinski definition) is 3.